The zero-order valence-corrected chi connectivity index (χ0v) is 19.1. The Balaban J connectivity index is 0.00000256. The molecule has 2 aliphatic carbocycles. The maximum atomic E-state index is 15.8. The highest BCUT2D eigenvalue weighted by molar-refractivity contribution is 6.07. The zero-order valence-electron chi connectivity index (χ0n) is 18.3. The van der Waals surface area contributed by atoms with Crippen LogP contribution in [0.5, 0.6) is 11.5 Å². The predicted molar refractivity (Wildman–Crippen MR) is 119 cm³/mol. The van der Waals surface area contributed by atoms with Crippen molar-refractivity contribution in [2.24, 2.45) is 11.8 Å². The number of benzene rings is 1. The van der Waals surface area contributed by atoms with Gasteiger partial charge in [0.05, 0.1) is 14.2 Å². The second-order valence-electron chi connectivity index (χ2n) is 9.29. The Bertz CT molecular complexity index is 744. The summed E-state index contributed by atoms with van der Waals surface area (Å²) in [6.07, 6.45) is 9.37. The first-order valence-corrected chi connectivity index (χ1v) is 11.2. The molecule has 3 aliphatic rings. The monoisotopic (exact) mass is 439 g/mol. The van der Waals surface area contributed by atoms with E-state index in [1.165, 1.54) is 45.8 Å². The molecule has 1 unspecified atom stereocenters. The lowest BCUT2D eigenvalue weighted by Crippen LogP contribution is -2.41. The summed E-state index contributed by atoms with van der Waals surface area (Å²) in [5, 5.41) is 0. The summed E-state index contributed by atoms with van der Waals surface area (Å²) in [5.74, 6) is 1.80. The molecule has 0 N–H and O–H groups in total. The van der Waals surface area contributed by atoms with Gasteiger partial charge >= 0.3 is 0 Å². The van der Waals surface area contributed by atoms with Crippen molar-refractivity contribution in [1.29, 1.82) is 0 Å². The van der Waals surface area contributed by atoms with Crippen molar-refractivity contribution in [2.75, 3.05) is 33.9 Å². The summed E-state index contributed by atoms with van der Waals surface area (Å²) in [7, 11) is 3.10. The number of fused-ring (bicyclic) bond motifs is 1. The normalized spacial score (nSPS) is 25.6. The van der Waals surface area contributed by atoms with E-state index >= 15 is 4.39 Å². The highest BCUT2D eigenvalue weighted by atomic mass is 35.5. The van der Waals surface area contributed by atoms with Crippen LogP contribution in [-0.4, -0.2) is 50.2 Å². The average molecular weight is 440 g/mol. The maximum absolute atomic E-state index is 15.8. The second-order valence-corrected chi connectivity index (χ2v) is 9.29. The van der Waals surface area contributed by atoms with Gasteiger partial charge in [0.1, 0.15) is 0 Å². The number of ether oxygens (including phenoxy) is 2. The summed E-state index contributed by atoms with van der Waals surface area (Å²) in [6.45, 7) is 3.29. The number of hydrogen-bond donors (Lipinski definition) is 0. The Kier molecular flexibility index (Phi) is 7.67. The fraction of sp³-hybridized carbons (Fsp3) is 0.708. The Morgan fingerprint density at radius 3 is 2.27 bits per heavy atom. The molecule has 0 bridgehead atoms. The molecule has 1 aromatic carbocycles. The van der Waals surface area contributed by atoms with Gasteiger partial charge < -0.3 is 14.4 Å². The van der Waals surface area contributed by atoms with Gasteiger partial charge in [0.15, 0.2) is 17.2 Å². The van der Waals surface area contributed by atoms with Crippen molar-refractivity contribution < 1.29 is 18.7 Å². The molecular formula is C24H35ClFNO3. The largest absolute Gasteiger partial charge is 0.493 e. The quantitative estimate of drug-likeness (QED) is 0.606. The number of alkyl halides is 1. The van der Waals surface area contributed by atoms with E-state index in [-0.39, 0.29) is 30.5 Å². The van der Waals surface area contributed by atoms with E-state index in [4.69, 9.17) is 9.47 Å². The lowest BCUT2D eigenvalue weighted by molar-refractivity contribution is 0.0576. The van der Waals surface area contributed by atoms with Crippen molar-refractivity contribution in [3.63, 3.8) is 0 Å². The van der Waals surface area contributed by atoms with Crippen molar-refractivity contribution in [3.05, 3.63) is 23.3 Å². The Labute approximate surface area is 185 Å². The summed E-state index contributed by atoms with van der Waals surface area (Å²) < 4.78 is 26.4. The van der Waals surface area contributed by atoms with E-state index in [1.54, 1.807) is 19.2 Å². The second kappa shape index (κ2) is 9.86. The minimum absolute atomic E-state index is 0. The van der Waals surface area contributed by atoms with Crippen LogP contribution in [0.4, 0.5) is 4.39 Å². The number of methoxy groups -OCH3 is 2. The van der Waals surface area contributed by atoms with Gasteiger partial charge in [-0.15, -0.1) is 12.4 Å². The standard InChI is InChI=1S/C24H34FNO3.ClH/c1-28-21-12-19-15-24(25,23(27)20(19)13-22(21)29-2)14-17-8-10-26(11-9-17)16-18-6-4-3-5-7-18;/h12-13,17-18H,3-11,14-16H2,1-2H3;1H. The topological polar surface area (TPSA) is 38.8 Å². The first kappa shape index (κ1) is 23.3. The molecule has 1 aliphatic heterocycles. The summed E-state index contributed by atoms with van der Waals surface area (Å²) in [4.78, 5) is 15.5. The highest BCUT2D eigenvalue weighted by Gasteiger charge is 2.48. The van der Waals surface area contributed by atoms with Crippen molar-refractivity contribution in [3.8, 4) is 11.5 Å². The van der Waals surface area contributed by atoms with Crippen LogP contribution >= 0.6 is 12.4 Å². The third-order valence-electron chi connectivity index (χ3n) is 7.29. The molecule has 4 nitrogen and oxygen atoms in total. The summed E-state index contributed by atoms with van der Waals surface area (Å²) in [5.41, 5.74) is -0.583. The van der Waals surface area contributed by atoms with Gasteiger partial charge in [-0.3, -0.25) is 4.79 Å². The smallest absolute Gasteiger partial charge is 0.200 e. The number of Topliss-reactive ketones (excluding diaryl/α,β-unsaturated/α-hetero) is 1. The van der Waals surface area contributed by atoms with Crippen LogP contribution in [0.3, 0.4) is 0 Å². The third kappa shape index (κ3) is 4.77. The molecule has 1 saturated carbocycles. The Morgan fingerprint density at radius 2 is 1.63 bits per heavy atom. The molecule has 0 aromatic heterocycles. The number of halogens is 2. The number of likely N-dealkylation sites (tertiary alicyclic amines) is 1. The maximum Gasteiger partial charge on any atom is 0.200 e. The van der Waals surface area contributed by atoms with Crippen LogP contribution in [-0.2, 0) is 6.42 Å². The van der Waals surface area contributed by atoms with Crippen molar-refractivity contribution in [2.45, 2.75) is 63.5 Å². The SMILES string of the molecule is COc1cc2c(cc1OC)C(=O)C(F)(CC1CCN(CC3CCCCC3)CC1)C2.Cl. The van der Waals surface area contributed by atoms with E-state index in [2.05, 4.69) is 4.90 Å². The van der Waals surface area contributed by atoms with E-state index in [0.29, 0.717) is 23.5 Å². The lowest BCUT2D eigenvalue weighted by Gasteiger charge is -2.36. The summed E-state index contributed by atoms with van der Waals surface area (Å²) >= 11 is 0. The number of hydrogen-bond acceptors (Lipinski definition) is 4. The fourth-order valence-corrected chi connectivity index (χ4v) is 5.63. The molecule has 4 rings (SSSR count). The summed E-state index contributed by atoms with van der Waals surface area (Å²) in [6, 6.07) is 3.41. The minimum atomic E-state index is -1.78. The Morgan fingerprint density at radius 1 is 1.00 bits per heavy atom. The molecule has 30 heavy (non-hydrogen) atoms. The Hall–Kier alpha value is -1.33. The van der Waals surface area contributed by atoms with E-state index < -0.39 is 5.67 Å². The fourth-order valence-electron chi connectivity index (χ4n) is 5.63. The minimum Gasteiger partial charge on any atom is -0.493 e. The van der Waals surface area contributed by atoms with Gasteiger partial charge in [-0.1, -0.05) is 19.3 Å². The van der Waals surface area contributed by atoms with Crippen molar-refractivity contribution in [1.82, 2.24) is 4.90 Å². The molecule has 0 spiro atoms. The molecule has 1 aromatic rings. The van der Waals surface area contributed by atoms with Crippen LogP contribution in [0, 0.1) is 11.8 Å². The molecule has 168 valence electrons. The van der Waals surface area contributed by atoms with Crippen LogP contribution in [0.25, 0.3) is 0 Å². The molecule has 1 saturated heterocycles. The zero-order chi connectivity index (χ0) is 20.4. The highest BCUT2D eigenvalue weighted by Crippen LogP contribution is 2.43. The van der Waals surface area contributed by atoms with E-state index in [0.717, 1.165) is 37.4 Å². The molecule has 1 heterocycles. The van der Waals surface area contributed by atoms with E-state index in [1.807, 2.05) is 0 Å². The van der Waals surface area contributed by atoms with Crippen LogP contribution in [0.15, 0.2) is 12.1 Å². The van der Waals surface area contributed by atoms with Gasteiger partial charge in [-0.05, 0) is 74.7 Å². The van der Waals surface area contributed by atoms with Gasteiger partial charge in [0.2, 0.25) is 5.78 Å². The molecular weight excluding hydrogens is 405 g/mol. The number of nitrogens with zero attached hydrogens (tertiary/aromatic N) is 1. The van der Waals surface area contributed by atoms with Gasteiger partial charge in [-0.2, -0.15) is 0 Å². The first-order chi connectivity index (χ1) is 14.0. The molecule has 6 heteroatoms. The van der Waals surface area contributed by atoms with E-state index in [9.17, 15) is 4.79 Å². The number of rotatable bonds is 6. The molecule has 0 amide bonds. The first-order valence-electron chi connectivity index (χ1n) is 11.2. The van der Waals surface area contributed by atoms with Gasteiger partial charge in [0, 0.05) is 18.5 Å². The number of carbonyl (C=O) groups is 1. The van der Waals surface area contributed by atoms with Crippen LogP contribution < -0.4 is 9.47 Å². The average Bonchev–Trinajstić information content (AvgIpc) is 2.98. The number of ketones is 1. The molecule has 2 fully saturated rings. The number of carbonyl (C=O) groups excluding carboxylic acids is 1. The molecule has 1 atom stereocenters. The van der Waals surface area contributed by atoms with Crippen LogP contribution in [0.2, 0.25) is 0 Å². The predicted octanol–water partition coefficient (Wildman–Crippen LogP) is 5.26. The van der Waals surface area contributed by atoms with Crippen molar-refractivity contribution >= 4 is 18.2 Å². The third-order valence-corrected chi connectivity index (χ3v) is 7.29. The van der Waals surface area contributed by atoms with Gasteiger partial charge in [-0.25, -0.2) is 4.39 Å². The number of piperidine rings is 1. The van der Waals surface area contributed by atoms with Gasteiger partial charge in [0.25, 0.3) is 0 Å². The molecule has 0 radical (unpaired) electrons. The van der Waals surface area contributed by atoms with Crippen LogP contribution in [0.1, 0.15) is 67.3 Å². The lowest BCUT2D eigenvalue weighted by atomic mass is 9.82.